The number of anilines is 1. The smallest absolute Gasteiger partial charge is 0.374 e. The Morgan fingerprint density at radius 1 is 1.19 bits per heavy atom. The molecule has 1 aromatic carbocycles. The molecule has 2 rings (SSSR count). The molecule has 136 valence electrons. The Bertz CT molecular complexity index is 930. The number of nitrogens with two attached hydrogens (primary N) is 1. The van der Waals surface area contributed by atoms with Crippen molar-refractivity contribution < 1.29 is 27.2 Å². The number of ether oxygens (including phenoxy) is 1. The van der Waals surface area contributed by atoms with E-state index in [1.807, 2.05) is 6.07 Å². The highest BCUT2D eigenvalue weighted by Crippen LogP contribution is 2.15. The number of carbonyl (C=O) groups excluding carboxylic acids is 2. The van der Waals surface area contributed by atoms with Gasteiger partial charge in [0.25, 0.3) is 15.9 Å². The molecule has 2 N–H and O–H groups in total. The number of furan rings is 1. The normalized spacial score (nSPS) is 10.8. The number of sulfonamides is 1. The number of rotatable bonds is 7. The molecule has 2 aromatic rings. The fourth-order valence-corrected chi connectivity index (χ4v) is 2.49. The van der Waals surface area contributed by atoms with Crippen molar-refractivity contribution >= 4 is 27.6 Å². The van der Waals surface area contributed by atoms with Gasteiger partial charge in [-0.2, -0.15) is 5.26 Å². The van der Waals surface area contributed by atoms with Gasteiger partial charge >= 0.3 is 5.97 Å². The standard InChI is InChI=1S/C16H15N3O6S/c17-9-4-10-19(12-5-2-1-3-6-12)14(20)11-24-16(21)13-7-8-15(25-13)26(18,22)23/h1-3,5-8H,4,10-11H2,(H2,18,22,23). The topological polar surface area (TPSA) is 144 Å². The van der Waals surface area contributed by atoms with Gasteiger partial charge in [0.05, 0.1) is 12.5 Å². The average Bonchev–Trinajstić information content (AvgIpc) is 3.11. The van der Waals surface area contributed by atoms with E-state index in [0.717, 1.165) is 12.1 Å². The molecule has 1 amide bonds. The third kappa shape index (κ3) is 4.92. The lowest BCUT2D eigenvalue weighted by Crippen LogP contribution is -2.35. The fraction of sp³-hybridized carbons (Fsp3) is 0.188. The molecule has 0 atom stereocenters. The second-order valence-electron chi connectivity index (χ2n) is 5.03. The summed E-state index contributed by atoms with van der Waals surface area (Å²) in [6.45, 7) is -0.474. The summed E-state index contributed by atoms with van der Waals surface area (Å²) in [4.78, 5) is 25.5. The summed E-state index contributed by atoms with van der Waals surface area (Å²) in [6.07, 6.45) is 0.102. The third-order valence-electron chi connectivity index (χ3n) is 3.21. The third-order valence-corrected chi connectivity index (χ3v) is 3.99. The van der Waals surface area contributed by atoms with Gasteiger partial charge in [-0.05, 0) is 24.3 Å². The van der Waals surface area contributed by atoms with Crippen LogP contribution in [0.25, 0.3) is 0 Å². The molecular weight excluding hydrogens is 362 g/mol. The highest BCUT2D eigenvalue weighted by molar-refractivity contribution is 7.89. The molecule has 0 aliphatic carbocycles. The quantitative estimate of drug-likeness (QED) is 0.710. The lowest BCUT2D eigenvalue weighted by Gasteiger charge is -2.21. The van der Waals surface area contributed by atoms with Gasteiger partial charge < -0.3 is 14.1 Å². The van der Waals surface area contributed by atoms with Crippen LogP contribution in [0.15, 0.2) is 52.0 Å². The lowest BCUT2D eigenvalue weighted by molar-refractivity contribution is -0.121. The van der Waals surface area contributed by atoms with E-state index in [1.165, 1.54) is 4.90 Å². The van der Waals surface area contributed by atoms with E-state index in [-0.39, 0.29) is 13.0 Å². The molecule has 0 aliphatic rings. The van der Waals surface area contributed by atoms with E-state index in [9.17, 15) is 18.0 Å². The highest BCUT2D eigenvalue weighted by atomic mass is 32.2. The van der Waals surface area contributed by atoms with Gasteiger partial charge in [0.2, 0.25) is 10.9 Å². The summed E-state index contributed by atoms with van der Waals surface area (Å²) in [5.74, 6) is -1.95. The van der Waals surface area contributed by atoms with Crippen molar-refractivity contribution in [1.29, 1.82) is 5.26 Å². The average molecular weight is 377 g/mol. The molecule has 0 saturated carbocycles. The van der Waals surface area contributed by atoms with E-state index in [2.05, 4.69) is 0 Å². The van der Waals surface area contributed by atoms with Gasteiger partial charge in [0.1, 0.15) is 0 Å². The minimum atomic E-state index is -4.09. The first-order chi connectivity index (χ1) is 12.3. The zero-order chi connectivity index (χ0) is 19.2. The van der Waals surface area contributed by atoms with Crippen LogP contribution in [0.5, 0.6) is 0 Å². The van der Waals surface area contributed by atoms with Crippen LogP contribution in [0, 0.1) is 11.3 Å². The van der Waals surface area contributed by atoms with Crippen LogP contribution in [-0.2, 0) is 19.6 Å². The van der Waals surface area contributed by atoms with E-state index >= 15 is 0 Å². The van der Waals surface area contributed by atoms with Gasteiger partial charge in [-0.25, -0.2) is 18.4 Å². The number of esters is 1. The number of carbonyl (C=O) groups is 2. The molecule has 1 heterocycles. The van der Waals surface area contributed by atoms with Crippen LogP contribution < -0.4 is 10.0 Å². The Morgan fingerprint density at radius 3 is 2.46 bits per heavy atom. The van der Waals surface area contributed by atoms with Gasteiger partial charge in [0.15, 0.2) is 6.61 Å². The van der Waals surface area contributed by atoms with E-state index in [0.29, 0.717) is 5.69 Å². The minimum Gasteiger partial charge on any atom is -0.450 e. The maximum Gasteiger partial charge on any atom is 0.374 e. The molecule has 9 nitrogen and oxygen atoms in total. The van der Waals surface area contributed by atoms with Crippen molar-refractivity contribution in [3.8, 4) is 6.07 Å². The van der Waals surface area contributed by atoms with Crippen molar-refractivity contribution in [3.05, 3.63) is 48.2 Å². The Balaban J connectivity index is 2.04. The van der Waals surface area contributed by atoms with Crippen molar-refractivity contribution in [2.24, 2.45) is 5.14 Å². The number of hydrogen-bond acceptors (Lipinski definition) is 7. The summed E-state index contributed by atoms with van der Waals surface area (Å²) in [7, 11) is -4.09. The molecule has 0 saturated heterocycles. The summed E-state index contributed by atoms with van der Waals surface area (Å²) >= 11 is 0. The van der Waals surface area contributed by atoms with Crippen LogP contribution in [0.3, 0.4) is 0 Å². The van der Waals surface area contributed by atoms with Gasteiger partial charge in [-0.3, -0.25) is 4.79 Å². The largest absolute Gasteiger partial charge is 0.450 e. The molecule has 26 heavy (non-hydrogen) atoms. The van der Waals surface area contributed by atoms with Crippen molar-refractivity contribution in [2.75, 3.05) is 18.1 Å². The summed E-state index contributed by atoms with van der Waals surface area (Å²) in [6, 6.07) is 12.6. The first kappa shape index (κ1) is 19.2. The molecule has 1 aromatic heterocycles. The molecule has 0 aliphatic heterocycles. The van der Waals surface area contributed by atoms with E-state index in [1.54, 1.807) is 30.3 Å². The molecule has 0 fully saturated rings. The second kappa shape index (κ2) is 8.28. The first-order valence-electron chi connectivity index (χ1n) is 7.35. The van der Waals surface area contributed by atoms with Crippen LogP contribution in [-0.4, -0.2) is 33.4 Å². The first-order valence-corrected chi connectivity index (χ1v) is 8.89. The predicted octanol–water partition coefficient (Wildman–Crippen LogP) is 1.03. The molecule has 0 bridgehead atoms. The van der Waals surface area contributed by atoms with Gasteiger partial charge in [-0.1, -0.05) is 18.2 Å². The summed E-state index contributed by atoms with van der Waals surface area (Å²) < 4.78 is 31.9. The maximum absolute atomic E-state index is 12.3. The second-order valence-corrected chi connectivity index (χ2v) is 6.52. The lowest BCUT2D eigenvalue weighted by atomic mass is 10.2. The van der Waals surface area contributed by atoms with Gasteiger partial charge in [-0.15, -0.1) is 0 Å². The SMILES string of the molecule is N#CCCN(C(=O)COC(=O)c1ccc(S(N)(=O)=O)o1)c1ccccc1. The number of hydrogen-bond donors (Lipinski definition) is 1. The van der Waals surface area contributed by atoms with E-state index in [4.69, 9.17) is 19.6 Å². The Hall–Kier alpha value is -3.16. The number of nitriles is 1. The van der Waals surface area contributed by atoms with Crippen LogP contribution >= 0.6 is 0 Å². The molecule has 0 radical (unpaired) electrons. The van der Waals surface area contributed by atoms with Crippen molar-refractivity contribution in [1.82, 2.24) is 0 Å². The number of nitrogens with zero attached hydrogens (tertiary/aromatic N) is 2. The Morgan fingerprint density at radius 2 is 1.88 bits per heavy atom. The van der Waals surface area contributed by atoms with E-state index < -0.39 is 39.4 Å². The van der Waals surface area contributed by atoms with Crippen molar-refractivity contribution in [2.45, 2.75) is 11.5 Å². The fourth-order valence-electron chi connectivity index (χ4n) is 2.03. The molecule has 0 spiro atoms. The number of amides is 1. The Kier molecular flexibility index (Phi) is 6.11. The minimum absolute atomic E-state index is 0.102. The van der Waals surface area contributed by atoms with Crippen LogP contribution in [0.4, 0.5) is 5.69 Å². The molecule has 0 unspecified atom stereocenters. The highest BCUT2D eigenvalue weighted by Gasteiger charge is 2.21. The van der Waals surface area contributed by atoms with Crippen LogP contribution in [0.1, 0.15) is 17.0 Å². The maximum atomic E-state index is 12.3. The predicted molar refractivity (Wildman–Crippen MR) is 89.4 cm³/mol. The number of primary sulfonamides is 1. The zero-order valence-electron chi connectivity index (χ0n) is 13.5. The van der Waals surface area contributed by atoms with Crippen molar-refractivity contribution in [3.63, 3.8) is 0 Å². The molecule has 10 heteroatoms. The monoisotopic (exact) mass is 377 g/mol. The molecular formula is C16H15N3O6S. The Labute approximate surface area is 149 Å². The van der Waals surface area contributed by atoms with Crippen LogP contribution in [0.2, 0.25) is 0 Å². The summed E-state index contributed by atoms with van der Waals surface area (Å²) in [5, 5.41) is 13.0. The number of benzene rings is 1. The summed E-state index contributed by atoms with van der Waals surface area (Å²) in [5.41, 5.74) is 0.554. The number of para-hydroxylation sites is 1. The van der Waals surface area contributed by atoms with Gasteiger partial charge in [0, 0.05) is 12.2 Å². The zero-order valence-corrected chi connectivity index (χ0v) is 14.3.